The van der Waals surface area contributed by atoms with Gasteiger partial charge in [0.05, 0.1) is 12.4 Å². The summed E-state index contributed by atoms with van der Waals surface area (Å²) in [5.41, 5.74) is 17.4. The van der Waals surface area contributed by atoms with Crippen LogP contribution in [-0.4, -0.2) is 135 Å². The summed E-state index contributed by atoms with van der Waals surface area (Å²) in [6.45, 7) is 14.5. The third-order valence-corrected chi connectivity index (χ3v) is 10.2. The summed E-state index contributed by atoms with van der Waals surface area (Å²) in [6, 6.07) is -8.84. The second-order valence-electron chi connectivity index (χ2n) is 17.5. The fraction of sp³-hybridized carbons (Fsp3) is 0.707. The van der Waals surface area contributed by atoms with Crippen molar-refractivity contribution >= 4 is 53.3 Å². The monoisotopic (exact) mass is 890 g/mol. The molecule has 2 heterocycles. The highest BCUT2D eigenvalue weighted by Crippen LogP contribution is 2.20. The second-order valence-corrected chi connectivity index (χ2v) is 17.5. The largest absolute Gasteiger partial charge is 0.480 e. The number of aromatic amines is 1. The lowest BCUT2D eigenvalue weighted by Crippen LogP contribution is -2.60. The Morgan fingerprint density at radius 2 is 1.22 bits per heavy atom. The van der Waals surface area contributed by atoms with Crippen molar-refractivity contribution in [2.75, 3.05) is 13.1 Å². The van der Waals surface area contributed by atoms with Crippen LogP contribution in [0, 0.1) is 17.8 Å². The van der Waals surface area contributed by atoms with Gasteiger partial charge in [-0.3, -0.25) is 38.6 Å². The van der Waals surface area contributed by atoms with Crippen LogP contribution in [0.15, 0.2) is 17.5 Å². The second kappa shape index (κ2) is 26.0. The van der Waals surface area contributed by atoms with Crippen molar-refractivity contribution in [1.82, 2.24) is 46.8 Å². The molecule has 63 heavy (non-hydrogen) atoms. The number of rotatable bonds is 26. The molecule has 1 aromatic heterocycles. The molecule has 354 valence electrons. The van der Waals surface area contributed by atoms with Crippen molar-refractivity contribution in [3.63, 3.8) is 0 Å². The average Bonchev–Trinajstić information content (AvgIpc) is 3.90. The molecular formula is C41H71N13O9. The number of nitrogens with zero attached hydrogens (tertiary/aromatic N) is 3. The molecule has 1 aromatic rings. The normalized spacial score (nSPS) is 17.1. The van der Waals surface area contributed by atoms with Crippen molar-refractivity contribution in [2.24, 2.45) is 39.9 Å². The smallest absolute Gasteiger partial charge is 0.326 e. The molecule has 0 saturated carbocycles. The molecule has 0 spiro atoms. The average molecular weight is 890 g/mol. The van der Waals surface area contributed by atoms with Crippen molar-refractivity contribution in [2.45, 2.75) is 155 Å². The van der Waals surface area contributed by atoms with Gasteiger partial charge in [-0.2, -0.15) is 0 Å². The molecule has 1 aliphatic rings. The SMILES string of the molecule is CC(C)CC(N)C(=O)NC(CC(C)C)C(=O)NC(CC(C)C)C(=O)NC(Cc1cnc[nH]1)C(=O)NC(C)C(=O)NC(C)C(=O)NC(CCCN=C(N)N)C(=O)N1CCCC1C(=O)O. The van der Waals surface area contributed by atoms with Gasteiger partial charge in [0.2, 0.25) is 41.4 Å². The maximum absolute atomic E-state index is 13.9. The van der Waals surface area contributed by atoms with E-state index in [-0.39, 0.29) is 75.3 Å². The maximum atomic E-state index is 13.9. The van der Waals surface area contributed by atoms with Crippen LogP contribution in [0.25, 0.3) is 0 Å². The van der Waals surface area contributed by atoms with E-state index in [0.717, 1.165) is 0 Å². The molecule has 0 radical (unpaired) electrons. The summed E-state index contributed by atoms with van der Waals surface area (Å²) >= 11 is 0. The molecule has 8 atom stereocenters. The lowest BCUT2D eigenvalue weighted by molar-refractivity contribution is -0.149. The number of H-pyrrole nitrogens is 1. The summed E-state index contributed by atoms with van der Waals surface area (Å²) < 4.78 is 0. The first-order valence-corrected chi connectivity index (χ1v) is 21.6. The summed E-state index contributed by atoms with van der Waals surface area (Å²) in [5, 5.41) is 25.6. The number of guanidine groups is 1. The van der Waals surface area contributed by atoms with E-state index in [9.17, 15) is 43.5 Å². The highest BCUT2D eigenvalue weighted by molar-refractivity contribution is 5.97. The van der Waals surface area contributed by atoms with E-state index in [1.54, 1.807) is 0 Å². The van der Waals surface area contributed by atoms with Gasteiger partial charge in [0.25, 0.3) is 0 Å². The number of likely N-dealkylation sites (tertiary alicyclic amines) is 1. The first-order chi connectivity index (χ1) is 29.5. The lowest BCUT2D eigenvalue weighted by atomic mass is 9.98. The Bertz CT molecular complexity index is 1730. The van der Waals surface area contributed by atoms with E-state index >= 15 is 0 Å². The molecule has 1 fully saturated rings. The number of carbonyl (C=O) groups is 8. The molecule has 22 heteroatoms. The minimum atomic E-state index is -1.27. The van der Waals surface area contributed by atoms with E-state index in [2.05, 4.69) is 46.9 Å². The molecule has 8 unspecified atom stereocenters. The van der Waals surface area contributed by atoms with Crippen molar-refractivity contribution in [3.05, 3.63) is 18.2 Å². The minimum absolute atomic E-state index is 0.00106. The van der Waals surface area contributed by atoms with E-state index in [1.165, 1.54) is 31.3 Å². The third-order valence-electron chi connectivity index (χ3n) is 10.2. The van der Waals surface area contributed by atoms with Gasteiger partial charge in [-0.25, -0.2) is 9.78 Å². The van der Waals surface area contributed by atoms with Crippen LogP contribution in [0.4, 0.5) is 0 Å². The Labute approximate surface area is 369 Å². The van der Waals surface area contributed by atoms with Crippen LogP contribution < -0.4 is 49.1 Å². The Balaban J connectivity index is 2.20. The molecule has 0 aliphatic carbocycles. The molecule has 7 amide bonds. The molecular weight excluding hydrogens is 819 g/mol. The summed E-state index contributed by atoms with van der Waals surface area (Å²) in [6.07, 6.45) is 4.74. The van der Waals surface area contributed by atoms with Crippen LogP contribution in [0.1, 0.15) is 106 Å². The summed E-state index contributed by atoms with van der Waals surface area (Å²) in [7, 11) is 0. The topological polar surface area (TPSA) is 351 Å². The van der Waals surface area contributed by atoms with E-state index in [1.807, 2.05) is 41.5 Å². The Morgan fingerprint density at radius 3 is 1.73 bits per heavy atom. The first kappa shape index (κ1) is 53.3. The van der Waals surface area contributed by atoms with Crippen molar-refractivity contribution < 1.29 is 43.5 Å². The quantitative estimate of drug-likeness (QED) is 0.0287. The van der Waals surface area contributed by atoms with Crippen molar-refractivity contribution in [3.8, 4) is 0 Å². The van der Waals surface area contributed by atoms with E-state index in [4.69, 9.17) is 17.2 Å². The van der Waals surface area contributed by atoms with Gasteiger partial charge in [-0.1, -0.05) is 41.5 Å². The predicted molar refractivity (Wildman–Crippen MR) is 234 cm³/mol. The molecule has 22 nitrogen and oxygen atoms in total. The highest BCUT2D eigenvalue weighted by Gasteiger charge is 2.38. The van der Waals surface area contributed by atoms with Crippen LogP contribution in [0.2, 0.25) is 0 Å². The van der Waals surface area contributed by atoms with Gasteiger partial charge in [0.15, 0.2) is 5.96 Å². The summed E-state index contributed by atoms with van der Waals surface area (Å²) in [4.78, 5) is 118. The lowest BCUT2D eigenvalue weighted by Gasteiger charge is -2.28. The van der Waals surface area contributed by atoms with Gasteiger partial charge in [0.1, 0.15) is 42.3 Å². The number of carbonyl (C=O) groups excluding carboxylic acids is 7. The third kappa shape index (κ3) is 18.6. The number of carboxylic acids is 1. The van der Waals surface area contributed by atoms with Crippen LogP contribution in [0.5, 0.6) is 0 Å². The first-order valence-electron chi connectivity index (χ1n) is 21.6. The zero-order chi connectivity index (χ0) is 47.6. The van der Waals surface area contributed by atoms with Crippen molar-refractivity contribution in [1.29, 1.82) is 0 Å². The summed E-state index contributed by atoms with van der Waals surface area (Å²) in [5.74, 6) is -5.88. The van der Waals surface area contributed by atoms with Gasteiger partial charge in [-0.15, -0.1) is 0 Å². The van der Waals surface area contributed by atoms with Crippen LogP contribution in [0.3, 0.4) is 0 Å². The van der Waals surface area contributed by atoms with Gasteiger partial charge >= 0.3 is 5.97 Å². The number of imidazole rings is 1. The number of hydrogen-bond acceptors (Lipinski definition) is 11. The Kier molecular flexibility index (Phi) is 22.0. The number of hydrogen-bond donors (Lipinski definition) is 11. The number of carboxylic acid groups (broad SMARTS) is 1. The molecule has 0 bridgehead atoms. The van der Waals surface area contributed by atoms with Crippen LogP contribution >= 0.6 is 0 Å². The fourth-order valence-corrected chi connectivity index (χ4v) is 7.00. The molecule has 1 aliphatic heterocycles. The Morgan fingerprint density at radius 1 is 0.730 bits per heavy atom. The molecule has 2 rings (SSSR count). The number of aliphatic imine (C=N–C) groups is 1. The number of nitrogens with one attached hydrogen (secondary N) is 7. The van der Waals surface area contributed by atoms with E-state index in [0.29, 0.717) is 18.5 Å². The number of aromatic nitrogens is 2. The number of aliphatic carboxylic acids is 1. The number of nitrogens with two attached hydrogens (primary N) is 3. The fourth-order valence-electron chi connectivity index (χ4n) is 7.00. The zero-order valence-electron chi connectivity index (χ0n) is 37.9. The molecule has 0 aromatic carbocycles. The van der Waals surface area contributed by atoms with E-state index < -0.39 is 95.7 Å². The Hall–Kier alpha value is -5.80. The van der Waals surface area contributed by atoms with Gasteiger partial charge in [-0.05, 0) is 76.5 Å². The van der Waals surface area contributed by atoms with Gasteiger partial charge in [0, 0.05) is 31.4 Å². The standard InChI is InChI=1S/C41H71N13O9/c1-21(2)15-27(42)35(57)51-29(16-22(3)4)37(59)52-30(17-23(5)6)38(60)53-31(18-26-19-45-20-47-26)36(58)49-24(7)33(55)48-25(8)34(56)50-28(11-9-13-46-41(43)44)39(61)54-14-10-12-32(54)40(62)63/h19-25,27-32H,9-18,42H2,1-8H3,(H,45,47)(H,48,55)(H,49,58)(H,50,56)(H,51,57)(H,52,59)(H,53,60)(H,62,63)(H4,43,44,46). The maximum Gasteiger partial charge on any atom is 0.326 e. The highest BCUT2D eigenvalue weighted by atomic mass is 16.4. The minimum Gasteiger partial charge on any atom is -0.480 e. The zero-order valence-corrected chi connectivity index (χ0v) is 37.9. The van der Waals surface area contributed by atoms with Crippen LogP contribution in [-0.2, 0) is 44.8 Å². The molecule has 14 N–H and O–H groups in total. The predicted octanol–water partition coefficient (Wildman–Crippen LogP) is -1.50. The number of amides is 7. The molecule has 1 saturated heterocycles. The van der Waals surface area contributed by atoms with Gasteiger partial charge < -0.3 is 64.1 Å².